The first-order valence-electron chi connectivity index (χ1n) is 8.50. The van der Waals surface area contributed by atoms with E-state index in [1.807, 2.05) is 13.8 Å². The number of aryl methyl sites for hydroxylation is 2. The van der Waals surface area contributed by atoms with Crippen molar-refractivity contribution in [3.63, 3.8) is 0 Å². The number of rotatable bonds is 6. The average Bonchev–Trinajstić information content (AvgIpc) is 3.18. The summed E-state index contributed by atoms with van der Waals surface area (Å²) in [7, 11) is 0. The van der Waals surface area contributed by atoms with Crippen LogP contribution in [0.15, 0.2) is 10.6 Å². The monoisotopic (exact) mass is 332 g/mol. The molecule has 0 radical (unpaired) electrons. The first-order valence-corrected chi connectivity index (χ1v) is 8.50. The maximum atomic E-state index is 12.4. The van der Waals surface area contributed by atoms with Gasteiger partial charge in [0, 0.05) is 19.0 Å². The highest BCUT2D eigenvalue weighted by atomic mass is 16.5. The van der Waals surface area contributed by atoms with Gasteiger partial charge in [0.15, 0.2) is 5.82 Å². The predicted molar refractivity (Wildman–Crippen MR) is 88.5 cm³/mol. The van der Waals surface area contributed by atoms with Crippen molar-refractivity contribution in [1.29, 1.82) is 0 Å². The molecule has 2 aromatic rings. The smallest absolute Gasteiger partial charge is 0.242 e. The highest BCUT2D eigenvalue weighted by molar-refractivity contribution is 5.94. The zero-order valence-corrected chi connectivity index (χ0v) is 14.4. The second-order valence-electron chi connectivity index (χ2n) is 6.24. The van der Waals surface area contributed by atoms with Crippen LogP contribution in [0.3, 0.4) is 0 Å². The van der Waals surface area contributed by atoms with Gasteiger partial charge in [0.1, 0.15) is 17.4 Å². The lowest BCUT2D eigenvalue weighted by Crippen LogP contribution is -2.42. The molecule has 2 aromatic heterocycles. The van der Waals surface area contributed by atoms with Crippen molar-refractivity contribution in [1.82, 2.24) is 25.2 Å². The van der Waals surface area contributed by atoms with Crippen LogP contribution in [-0.2, 0) is 17.8 Å². The molecule has 0 aromatic carbocycles. The largest absolute Gasteiger partial charge is 0.360 e. The number of hydrogen-bond donors (Lipinski definition) is 2. The number of carbonyl (C=O) groups is 1. The van der Waals surface area contributed by atoms with Gasteiger partial charge in [0.05, 0.1) is 12.1 Å². The lowest BCUT2D eigenvalue weighted by molar-refractivity contribution is -0.118. The summed E-state index contributed by atoms with van der Waals surface area (Å²) in [6.07, 6.45) is 3.95. The van der Waals surface area contributed by atoms with Crippen molar-refractivity contribution in [2.24, 2.45) is 0 Å². The number of anilines is 1. The lowest BCUT2D eigenvalue weighted by atomic mass is 10.1. The van der Waals surface area contributed by atoms with Crippen molar-refractivity contribution in [2.75, 3.05) is 5.32 Å². The Kier molecular flexibility index (Phi) is 4.94. The predicted octanol–water partition coefficient (Wildman–Crippen LogP) is 1.98. The molecule has 0 aliphatic carbocycles. The fourth-order valence-electron chi connectivity index (χ4n) is 3.04. The molecule has 2 unspecified atom stereocenters. The van der Waals surface area contributed by atoms with Gasteiger partial charge in [0.2, 0.25) is 5.91 Å². The number of fused-ring (bicyclic) bond motifs is 1. The van der Waals surface area contributed by atoms with Crippen molar-refractivity contribution in [3.05, 3.63) is 23.5 Å². The van der Waals surface area contributed by atoms with Crippen LogP contribution in [0.2, 0.25) is 0 Å². The fraction of sp³-hybridized carbons (Fsp3) is 0.625. The summed E-state index contributed by atoms with van der Waals surface area (Å²) in [5, 5.41) is 18.5. The van der Waals surface area contributed by atoms with Crippen molar-refractivity contribution in [3.8, 4) is 0 Å². The van der Waals surface area contributed by atoms with Crippen LogP contribution < -0.4 is 10.6 Å². The van der Waals surface area contributed by atoms with Crippen molar-refractivity contribution < 1.29 is 9.32 Å². The van der Waals surface area contributed by atoms with Gasteiger partial charge >= 0.3 is 0 Å². The first-order chi connectivity index (χ1) is 11.6. The highest BCUT2D eigenvalue weighted by Crippen LogP contribution is 2.19. The molecule has 0 fully saturated rings. The minimum atomic E-state index is -0.339. The van der Waals surface area contributed by atoms with E-state index in [4.69, 9.17) is 4.52 Å². The summed E-state index contributed by atoms with van der Waals surface area (Å²) in [5.74, 6) is 2.91. The Hall–Kier alpha value is -2.22. The first kappa shape index (κ1) is 16.6. The van der Waals surface area contributed by atoms with E-state index in [0.717, 1.165) is 37.5 Å². The van der Waals surface area contributed by atoms with Gasteiger partial charge in [-0.3, -0.25) is 10.1 Å². The van der Waals surface area contributed by atoms with Crippen LogP contribution in [0.1, 0.15) is 56.6 Å². The SMILES string of the molecule is CCC(NC(C)c1nnc2n1CCCC2)C(=O)Nc1cc(C)on1. The molecule has 3 rings (SSSR count). The molecule has 1 aliphatic rings. The molecule has 0 saturated heterocycles. The number of nitrogens with zero attached hydrogens (tertiary/aromatic N) is 4. The van der Waals surface area contributed by atoms with E-state index in [9.17, 15) is 4.79 Å². The van der Waals surface area contributed by atoms with Crippen LogP contribution >= 0.6 is 0 Å². The van der Waals surface area contributed by atoms with E-state index in [2.05, 4.69) is 30.6 Å². The minimum Gasteiger partial charge on any atom is -0.360 e. The van der Waals surface area contributed by atoms with Crippen LogP contribution in [0, 0.1) is 6.92 Å². The van der Waals surface area contributed by atoms with E-state index >= 15 is 0 Å². The Labute approximate surface area is 141 Å². The van der Waals surface area contributed by atoms with Gasteiger partial charge in [-0.05, 0) is 33.1 Å². The molecule has 1 amide bonds. The number of amides is 1. The fourth-order valence-corrected chi connectivity index (χ4v) is 3.04. The van der Waals surface area contributed by atoms with Crippen LogP contribution in [-0.4, -0.2) is 31.9 Å². The van der Waals surface area contributed by atoms with Gasteiger partial charge in [-0.1, -0.05) is 12.1 Å². The van der Waals surface area contributed by atoms with Gasteiger partial charge in [-0.25, -0.2) is 0 Å². The molecule has 1 aliphatic heterocycles. The molecule has 24 heavy (non-hydrogen) atoms. The summed E-state index contributed by atoms with van der Waals surface area (Å²) in [4.78, 5) is 12.4. The van der Waals surface area contributed by atoms with Gasteiger partial charge in [-0.2, -0.15) is 0 Å². The molecular formula is C16H24N6O2. The Morgan fingerprint density at radius 1 is 1.42 bits per heavy atom. The quantitative estimate of drug-likeness (QED) is 0.839. The highest BCUT2D eigenvalue weighted by Gasteiger charge is 2.25. The zero-order valence-electron chi connectivity index (χ0n) is 14.4. The summed E-state index contributed by atoms with van der Waals surface area (Å²) in [6, 6.07) is 1.30. The molecule has 3 heterocycles. The summed E-state index contributed by atoms with van der Waals surface area (Å²) in [5.41, 5.74) is 0. The minimum absolute atomic E-state index is 0.0564. The van der Waals surface area contributed by atoms with Crippen LogP contribution in [0.4, 0.5) is 5.82 Å². The Bertz CT molecular complexity index is 707. The molecular weight excluding hydrogens is 308 g/mol. The third-order valence-electron chi connectivity index (χ3n) is 4.33. The lowest BCUT2D eigenvalue weighted by Gasteiger charge is -2.22. The Morgan fingerprint density at radius 3 is 2.96 bits per heavy atom. The molecule has 8 nitrogen and oxygen atoms in total. The summed E-state index contributed by atoms with van der Waals surface area (Å²) < 4.78 is 7.15. The number of carbonyl (C=O) groups excluding carboxylic acids is 1. The van der Waals surface area contributed by atoms with E-state index in [1.54, 1.807) is 13.0 Å². The normalized spacial score (nSPS) is 16.5. The maximum Gasteiger partial charge on any atom is 0.242 e. The topological polar surface area (TPSA) is 97.9 Å². The van der Waals surface area contributed by atoms with Gasteiger partial charge in [0.25, 0.3) is 0 Å². The Morgan fingerprint density at radius 2 is 2.25 bits per heavy atom. The van der Waals surface area contributed by atoms with Gasteiger partial charge in [-0.15, -0.1) is 10.2 Å². The number of aromatic nitrogens is 4. The molecule has 2 N–H and O–H groups in total. The molecule has 130 valence electrons. The third-order valence-corrected chi connectivity index (χ3v) is 4.33. The average molecular weight is 332 g/mol. The second-order valence-corrected chi connectivity index (χ2v) is 6.24. The molecule has 8 heteroatoms. The van der Waals surface area contributed by atoms with E-state index in [0.29, 0.717) is 18.0 Å². The summed E-state index contributed by atoms with van der Waals surface area (Å²) in [6.45, 7) is 6.72. The maximum absolute atomic E-state index is 12.4. The zero-order chi connectivity index (χ0) is 17.1. The second kappa shape index (κ2) is 7.12. The van der Waals surface area contributed by atoms with Crippen molar-refractivity contribution in [2.45, 2.75) is 65.1 Å². The van der Waals surface area contributed by atoms with Crippen LogP contribution in [0.5, 0.6) is 0 Å². The van der Waals surface area contributed by atoms with E-state index in [1.165, 1.54) is 0 Å². The molecule has 0 spiro atoms. The van der Waals surface area contributed by atoms with Gasteiger partial charge < -0.3 is 14.4 Å². The number of nitrogens with one attached hydrogen (secondary N) is 2. The van der Waals surface area contributed by atoms with Crippen LogP contribution in [0.25, 0.3) is 0 Å². The molecule has 0 saturated carbocycles. The number of hydrogen-bond acceptors (Lipinski definition) is 6. The molecule has 0 bridgehead atoms. The Balaban J connectivity index is 1.66. The van der Waals surface area contributed by atoms with E-state index in [-0.39, 0.29) is 18.0 Å². The van der Waals surface area contributed by atoms with Crippen molar-refractivity contribution >= 4 is 11.7 Å². The standard InChI is InChI=1S/C16H24N6O2/c1-4-12(16(23)18-13-9-10(2)24-21-13)17-11(3)15-20-19-14-7-5-6-8-22(14)15/h9,11-12,17H,4-8H2,1-3H3,(H,18,21,23). The molecule has 2 atom stereocenters. The summed E-state index contributed by atoms with van der Waals surface area (Å²) >= 11 is 0. The van der Waals surface area contributed by atoms with E-state index < -0.39 is 0 Å². The third kappa shape index (κ3) is 3.48.